The van der Waals surface area contributed by atoms with Crippen LogP contribution in [0.25, 0.3) is 0 Å². The fraction of sp³-hybridized carbons (Fsp3) is 0.438. The predicted octanol–water partition coefficient (Wildman–Crippen LogP) is 1.93. The summed E-state index contributed by atoms with van der Waals surface area (Å²) in [5.41, 5.74) is 0.627. The first-order valence-corrected chi connectivity index (χ1v) is 6.96. The first kappa shape index (κ1) is 15.2. The minimum Gasteiger partial charge on any atom is -0.481 e. The topological polar surface area (TPSA) is 61.8 Å². The second-order valence-electron chi connectivity index (χ2n) is 5.24. The summed E-state index contributed by atoms with van der Waals surface area (Å²) >= 11 is 0. The van der Waals surface area contributed by atoms with E-state index in [-0.39, 0.29) is 12.6 Å². The summed E-state index contributed by atoms with van der Waals surface area (Å²) in [5, 5.41) is 12.6. The summed E-state index contributed by atoms with van der Waals surface area (Å²) in [7, 11) is 1.67. The van der Waals surface area contributed by atoms with E-state index in [1.54, 1.807) is 31.3 Å². The van der Waals surface area contributed by atoms with Gasteiger partial charge in [-0.3, -0.25) is 0 Å². The number of anilines is 1. The molecular formula is C16H20N2O3. The lowest BCUT2D eigenvalue weighted by atomic mass is 10.2. The van der Waals surface area contributed by atoms with Crippen LogP contribution < -0.4 is 10.1 Å². The van der Waals surface area contributed by atoms with Gasteiger partial charge in [0.1, 0.15) is 12.4 Å². The molecule has 1 fully saturated rings. The smallest absolute Gasteiger partial charge is 0.321 e. The van der Waals surface area contributed by atoms with Crippen LogP contribution in [-0.2, 0) is 0 Å². The van der Waals surface area contributed by atoms with Crippen molar-refractivity contribution in [2.45, 2.75) is 18.9 Å². The van der Waals surface area contributed by atoms with Gasteiger partial charge >= 0.3 is 6.03 Å². The molecule has 0 aromatic heterocycles. The molecule has 1 atom stereocenters. The standard InChI is InChI=1S/C16H20N2O3/c1-3-9-21-14-6-4-5-13(10-14)17-16(20)18(2)11-15(19)12-7-8-12/h1,4-6,10,12,15,19H,7-9,11H2,2H3,(H,17,20). The van der Waals surface area contributed by atoms with E-state index >= 15 is 0 Å². The van der Waals surface area contributed by atoms with Gasteiger partial charge in [-0.1, -0.05) is 12.0 Å². The van der Waals surface area contributed by atoms with Crippen LogP contribution in [0.15, 0.2) is 24.3 Å². The van der Waals surface area contributed by atoms with Crippen molar-refractivity contribution in [1.82, 2.24) is 4.90 Å². The highest BCUT2D eigenvalue weighted by Crippen LogP contribution is 2.32. The third kappa shape index (κ3) is 4.69. The molecule has 2 N–H and O–H groups in total. The van der Waals surface area contributed by atoms with Gasteiger partial charge in [-0.05, 0) is 30.9 Å². The second kappa shape index (κ2) is 7.00. The van der Waals surface area contributed by atoms with Crippen LogP contribution >= 0.6 is 0 Å². The highest BCUT2D eigenvalue weighted by Gasteiger charge is 2.31. The first-order chi connectivity index (χ1) is 10.1. The Hall–Kier alpha value is -2.19. The first-order valence-electron chi connectivity index (χ1n) is 6.96. The molecule has 0 aliphatic heterocycles. The molecule has 1 saturated carbocycles. The van der Waals surface area contributed by atoms with Crippen molar-refractivity contribution >= 4 is 11.7 Å². The molecule has 2 rings (SSSR count). The summed E-state index contributed by atoms with van der Waals surface area (Å²) in [6.45, 7) is 0.522. The molecule has 1 aliphatic rings. The van der Waals surface area contributed by atoms with Gasteiger partial charge < -0.3 is 20.1 Å². The number of urea groups is 1. The Balaban J connectivity index is 1.87. The molecule has 1 aromatic carbocycles. The number of nitrogens with one attached hydrogen (secondary N) is 1. The van der Waals surface area contributed by atoms with Crippen molar-refractivity contribution in [3.63, 3.8) is 0 Å². The predicted molar refractivity (Wildman–Crippen MR) is 81.1 cm³/mol. The monoisotopic (exact) mass is 288 g/mol. The molecule has 2 amide bonds. The van der Waals surface area contributed by atoms with Crippen molar-refractivity contribution in [2.75, 3.05) is 25.5 Å². The lowest BCUT2D eigenvalue weighted by Crippen LogP contribution is -2.37. The number of carbonyl (C=O) groups excluding carboxylic acids is 1. The average Bonchev–Trinajstić information content (AvgIpc) is 3.30. The Morgan fingerprint density at radius 3 is 3.05 bits per heavy atom. The zero-order valence-electron chi connectivity index (χ0n) is 12.1. The third-order valence-corrected chi connectivity index (χ3v) is 3.38. The van der Waals surface area contributed by atoms with Gasteiger partial charge in [0.25, 0.3) is 0 Å². The number of rotatable bonds is 6. The van der Waals surface area contributed by atoms with Crippen molar-refractivity contribution in [3.8, 4) is 18.1 Å². The van der Waals surface area contributed by atoms with Crippen molar-refractivity contribution < 1.29 is 14.6 Å². The molecule has 1 aliphatic carbocycles. The van der Waals surface area contributed by atoms with E-state index in [4.69, 9.17) is 11.2 Å². The molecular weight excluding hydrogens is 268 g/mol. The molecule has 21 heavy (non-hydrogen) atoms. The Bertz CT molecular complexity index is 535. The fourth-order valence-corrected chi connectivity index (χ4v) is 2.00. The van der Waals surface area contributed by atoms with Crippen LogP contribution in [-0.4, -0.2) is 42.3 Å². The largest absolute Gasteiger partial charge is 0.481 e. The summed E-state index contributed by atoms with van der Waals surface area (Å²) in [6, 6.07) is 6.77. The van der Waals surface area contributed by atoms with E-state index in [9.17, 15) is 9.90 Å². The number of likely N-dealkylation sites (N-methyl/N-ethyl adjacent to an activating group) is 1. The molecule has 0 radical (unpaired) electrons. The van der Waals surface area contributed by atoms with Gasteiger partial charge in [0, 0.05) is 25.3 Å². The number of terminal acetylenes is 1. The second-order valence-corrected chi connectivity index (χ2v) is 5.24. The Morgan fingerprint density at radius 1 is 1.62 bits per heavy atom. The number of benzene rings is 1. The van der Waals surface area contributed by atoms with Gasteiger partial charge in [-0.15, -0.1) is 6.42 Å². The normalized spacial score (nSPS) is 14.9. The molecule has 5 nitrogen and oxygen atoms in total. The average molecular weight is 288 g/mol. The van der Waals surface area contributed by atoms with E-state index in [1.165, 1.54) is 4.90 Å². The van der Waals surface area contributed by atoms with Crippen molar-refractivity contribution in [2.24, 2.45) is 5.92 Å². The molecule has 1 unspecified atom stereocenters. The third-order valence-electron chi connectivity index (χ3n) is 3.38. The molecule has 5 heteroatoms. The van der Waals surface area contributed by atoms with Gasteiger partial charge in [-0.2, -0.15) is 0 Å². The minimum atomic E-state index is -0.439. The zero-order chi connectivity index (χ0) is 15.2. The molecule has 0 spiro atoms. The van der Waals surface area contributed by atoms with Crippen LogP contribution in [0.3, 0.4) is 0 Å². The molecule has 112 valence electrons. The maximum absolute atomic E-state index is 12.0. The maximum atomic E-state index is 12.0. The Morgan fingerprint density at radius 2 is 2.38 bits per heavy atom. The van der Waals surface area contributed by atoms with E-state index in [2.05, 4.69) is 11.2 Å². The van der Waals surface area contributed by atoms with Gasteiger partial charge in [-0.25, -0.2) is 4.79 Å². The number of carbonyl (C=O) groups is 1. The molecule has 0 saturated heterocycles. The summed E-state index contributed by atoms with van der Waals surface area (Å²) in [6.07, 6.45) is 6.79. The summed E-state index contributed by atoms with van der Waals surface area (Å²) in [4.78, 5) is 13.5. The van der Waals surface area contributed by atoms with Gasteiger partial charge in [0.15, 0.2) is 0 Å². The van der Waals surface area contributed by atoms with Crippen LogP contribution in [0.5, 0.6) is 5.75 Å². The van der Waals surface area contributed by atoms with Crippen molar-refractivity contribution in [1.29, 1.82) is 0 Å². The maximum Gasteiger partial charge on any atom is 0.321 e. The highest BCUT2D eigenvalue weighted by atomic mass is 16.5. The summed E-state index contributed by atoms with van der Waals surface area (Å²) in [5.74, 6) is 3.34. The quantitative estimate of drug-likeness (QED) is 0.786. The number of aliphatic hydroxyl groups excluding tert-OH is 1. The van der Waals surface area contributed by atoms with Gasteiger partial charge in [0.05, 0.1) is 6.10 Å². The zero-order valence-corrected chi connectivity index (χ0v) is 12.1. The lowest BCUT2D eigenvalue weighted by molar-refractivity contribution is 0.117. The highest BCUT2D eigenvalue weighted by molar-refractivity contribution is 5.89. The van der Waals surface area contributed by atoms with E-state index < -0.39 is 6.10 Å². The molecule has 1 aromatic rings. The summed E-state index contributed by atoms with van der Waals surface area (Å²) < 4.78 is 5.30. The number of nitrogens with zero attached hydrogens (tertiary/aromatic N) is 1. The fourth-order valence-electron chi connectivity index (χ4n) is 2.00. The molecule has 0 bridgehead atoms. The number of ether oxygens (including phenoxy) is 1. The SMILES string of the molecule is C#CCOc1cccc(NC(=O)N(C)CC(O)C2CC2)c1. The van der Waals surface area contributed by atoms with E-state index in [1.807, 2.05) is 0 Å². The number of aliphatic hydroxyl groups is 1. The Kier molecular flexibility index (Phi) is 5.07. The van der Waals surface area contributed by atoms with Gasteiger partial charge in [0.2, 0.25) is 0 Å². The van der Waals surface area contributed by atoms with Crippen LogP contribution in [0.1, 0.15) is 12.8 Å². The van der Waals surface area contributed by atoms with E-state index in [0.717, 1.165) is 12.8 Å². The minimum absolute atomic E-state index is 0.185. The van der Waals surface area contributed by atoms with Crippen LogP contribution in [0.4, 0.5) is 10.5 Å². The van der Waals surface area contributed by atoms with Crippen molar-refractivity contribution in [3.05, 3.63) is 24.3 Å². The number of amides is 2. The van der Waals surface area contributed by atoms with E-state index in [0.29, 0.717) is 23.9 Å². The number of hydrogen-bond donors (Lipinski definition) is 2. The number of hydrogen-bond acceptors (Lipinski definition) is 3. The molecule has 0 heterocycles. The van der Waals surface area contributed by atoms with Crippen LogP contribution in [0.2, 0.25) is 0 Å². The van der Waals surface area contributed by atoms with Crippen LogP contribution in [0, 0.1) is 18.3 Å². The Labute approximate surface area is 124 Å². The lowest BCUT2D eigenvalue weighted by Gasteiger charge is -2.21.